The first-order chi connectivity index (χ1) is 9.96. The molecule has 3 unspecified atom stereocenters. The third-order valence-electron chi connectivity index (χ3n) is 4.09. The van der Waals surface area contributed by atoms with Crippen LogP contribution in [-0.2, 0) is 14.3 Å². The number of carbonyl (C=O) groups is 1. The minimum absolute atomic E-state index is 0.0805. The molecule has 0 aliphatic carbocycles. The number of aliphatic hydroxyl groups is 1. The minimum Gasteiger partial charge on any atom is -0.480 e. The van der Waals surface area contributed by atoms with Crippen LogP contribution in [0.4, 0.5) is 0 Å². The average Bonchev–Trinajstić information content (AvgIpc) is 2.81. The van der Waals surface area contributed by atoms with Crippen molar-refractivity contribution in [3.8, 4) is 0 Å². The maximum Gasteiger partial charge on any atom is 0.324 e. The number of aliphatic carboxylic acids is 1. The van der Waals surface area contributed by atoms with Gasteiger partial charge in [-0.05, 0) is 32.7 Å². The number of carboxylic acid groups (broad SMARTS) is 1. The Morgan fingerprint density at radius 3 is 2.71 bits per heavy atom. The first-order valence-electron chi connectivity index (χ1n) is 7.73. The van der Waals surface area contributed by atoms with Crippen molar-refractivity contribution in [1.29, 1.82) is 0 Å². The van der Waals surface area contributed by atoms with E-state index in [0.717, 1.165) is 19.4 Å². The van der Waals surface area contributed by atoms with E-state index in [0.29, 0.717) is 26.0 Å². The number of nitrogens with zero attached hydrogens (tertiary/aromatic N) is 1. The molecule has 1 aliphatic heterocycles. The van der Waals surface area contributed by atoms with Crippen molar-refractivity contribution in [2.75, 3.05) is 33.4 Å². The third kappa shape index (κ3) is 4.92. The predicted octanol–water partition coefficient (Wildman–Crippen LogP) is 1.12. The molecule has 2 N–H and O–H groups in total. The van der Waals surface area contributed by atoms with Crippen LogP contribution in [-0.4, -0.2) is 72.2 Å². The molecule has 0 saturated carbocycles. The Morgan fingerprint density at radius 2 is 2.14 bits per heavy atom. The van der Waals surface area contributed by atoms with Crippen LogP contribution < -0.4 is 0 Å². The van der Waals surface area contributed by atoms with Crippen molar-refractivity contribution >= 4 is 5.97 Å². The molecule has 0 amide bonds. The molecule has 1 heterocycles. The van der Waals surface area contributed by atoms with Crippen molar-refractivity contribution in [3.63, 3.8) is 0 Å². The van der Waals surface area contributed by atoms with Crippen molar-refractivity contribution in [2.45, 2.75) is 57.3 Å². The highest BCUT2D eigenvalue weighted by Gasteiger charge is 2.47. The smallest absolute Gasteiger partial charge is 0.324 e. The van der Waals surface area contributed by atoms with Crippen LogP contribution in [0.15, 0.2) is 0 Å². The van der Waals surface area contributed by atoms with Gasteiger partial charge in [0.25, 0.3) is 0 Å². The Kier molecular flexibility index (Phi) is 7.59. The quantitative estimate of drug-likeness (QED) is 0.629. The second-order valence-corrected chi connectivity index (χ2v) is 5.89. The highest BCUT2D eigenvalue weighted by Crippen LogP contribution is 2.34. The summed E-state index contributed by atoms with van der Waals surface area (Å²) in [5.74, 6) is -0.775. The normalized spacial score (nSPS) is 25.9. The monoisotopic (exact) mass is 303 g/mol. The van der Waals surface area contributed by atoms with E-state index in [4.69, 9.17) is 9.47 Å². The van der Waals surface area contributed by atoms with Gasteiger partial charge in [-0.25, -0.2) is 0 Å². The van der Waals surface area contributed by atoms with Crippen LogP contribution in [0, 0.1) is 0 Å². The Morgan fingerprint density at radius 1 is 1.43 bits per heavy atom. The highest BCUT2D eigenvalue weighted by atomic mass is 16.5. The zero-order valence-electron chi connectivity index (χ0n) is 13.4. The summed E-state index contributed by atoms with van der Waals surface area (Å²) in [6.45, 7) is 5.61. The Balaban J connectivity index is 2.53. The van der Waals surface area contributed by atoms with Gasteiger partial charge in [-0.15, -0.1) is 0 Å². The third-order valence-corrected chi connectivity index (χ3v) is 4.09. The second-order valence-electron chi connectivity index (χ2n) is 5.89. The number of rotatable bonds is 10. The molecular weight excluding hydrogens is 274 g/mol. The van der Waals surface area contributed by atoms with Gasteiger partial charge >= 0.3 is 5.97 Å². The van der Waals surface area contributed by atoms with Crippen LogP contribution in [0.2, 0.25) is 0 Å². The molecule has 6 nitrogen and oxygen atoms in total. The van der Waals surface area contributed by atoms with Crippen molar-refractivity contribution in [1.82, 2.24) is 4.90 Å². The lowest BCUT2D eigenvalue weighted by Gasteiger charge is -2.35. The molecule has 1 aliphatic rings. The minimum atomic E-state index is -0.812. The molecule has 1 saturated heterocycles. The molecule has 21 heavy (non-hydrogen) atoms. The van der Waals surface area contributed by atoms with E-state index >= 15 is 0 Å². The van der Waals surface area contributed by atoms with Gasteiger partial charge in [0.15, 0.2) is 0 Å². The SMILES string of the molecule is CCCC1(C(=O)O)CCCN1CC(O)COC(C)COC. The molecule has 0 aromatic rings. The van der Waals surface area contributed by atoms with Crippen molar-refractivity contribution in [3.05, 3.63) is 0 Å². The van der Waals surface area contributed by atoms with Gasteiger partial charge in [0.2, 0.25) is 0 Å². The summed E-state index contributed by atoms with van der Waals surface area (Å²) in [4.78, 5) is 13.6. The van der Waals surface area contributed by atoms with Gasteiger partial charge in [0, 0.05) is 13.7 Å². The zero-order valence-corrected chi connectivity index (χ0v) is 13.4. The van der Waals surface area contributed by atoms with E-state index in [1.807, 2.05) is 18.7 Å². The first-order valence-corrected chi connectivity index (χ1v) is 7.73. The summed E-state index contributed by atoms with van der Waals surface area (Å²) < 4.78 is 10.5. The first kappa shape index (κ1) is 18.4. The lowest BCUT2D eigenvalue weighted by atomic mass is 9.90. The fourth-order valence-electron chi connectivity index (χ4n) is 3.11. The molecule has 1 fully saturated rings. The van der Waals surface area contributed by atoms with Crippen LogP contribution in [0.3, 0.4) is 0 Å². The molecule has 0 aromatic heterocycles. The molecule has 124 valence electrons. The lowest BCUT2D eigenvalue weighted by Crippen LogP contribution is -2.53. The van der Waals surface area contributed by atoms with Crippen molar-refractivity contribution < 1.29 is 24.5 Å². The maximum absolute atomic E-state index is 11.7. The molecule has 0 aromatic carbocycles. The molecule has 1 rings (SSSR count). The fraction of sp³-hybridized carbons (Fsp3) is 0.933. The number of likely N-dealkylation sites (tertiary alicyclic amines) is 1. The summed E-state index contributed by atoms with van der Waals surface area (Å²) in [7, 11) is 1.60. The van der Waals surface area contributed by atoms with E-state index in [2.05, 4.69) is 0 Å². The molecular formula is C15H29NO5. The highest BCUT2D eigenvalue weighted by molar-refractivity contribution is 5.79. The standard InChI is InChI=1S/C15H29NO5/c1-4-6-15(14(18)19)7-5-8-16(15)9-13(17)11-21-12(2)10-20-3/h12-13,17H,4-11H2,1-3H3,(H,18,19). The average molecular weight is 303 g/mol. The van der Waals surface area contributed by atoms with Gasteiger partial charge in [-0.1, -0.05) is 13.3 Å². The van der Waals surface area contributed by atoms with E-state index < -0.39 is 17.6 Å². The maximum atomic E-state index is 11.7. The van der Waals surface area contributed by atoms with Gasteiger partial charge in [0.1, 0.15) is 5.54 Å². The summed E-state index contributed by atoms with van der Waals surface area (Å²) in [6, 6.07) is 0. The zero-order chi connectivity index (χ0) is 15.9. The Labute approximate surface area is 127 Å². The van der Waals surface area contributed by atoms with E-state index in [9.17, 15) is 15.0 Å². The number of ether oxygens (including phenoxy) is 2. The summed E-state index contributed by atoms with van der Waals surface area (Å²) >= 11 is 0. The number of aliphatic hydroxyl groups excluding tert-OH is 1. The largest absolute Gasteiger partial charge is 0.480 e. The number of hydrogen-bond acceptors (Lipinski definition) is 5. The number of β-amino-alcohol motifs (C(OH)–C–C–N with tert-alkyl or cyclic N) is 1. The van der Waals surface area contributed by atoms with Gasteiger partial charge in [-0.3, -0.25) is 9.69 Å². The second kappa shape index (κ2) is 8.68. The van der Waals surface area contributed by atoms with Crippen LogP contribution >= 0.6 is 0 Å². The molecule has 3 atom stereocenters. The van der Waals surface area contributed by atoms with E-state index in [1.54, 1.807) is 7.11 Å². The lowest BCUT2D eigenvalue weighted by molar-refractivity contribution is -0.151. The number of carboxylic acids is 1. The summed E-state index contributed by atoms with van der Waals surface area (Å²) in [5, 5.41) is 19.7. The van der Waals surface area contributed by atoms with E-state index in [1.165, 1.54) is 0 Å². The van der Waals surface area contributed by atoms with Crippen LogP contribution in [0.1, 0.15) is 39.5 Å². The molecule has 0 bridgehead atoms. The number of hydrogen-bond donors (Lipinski definition) is 2. The van der Waals surface area contributed by atoms with E-state index in [-0.39, 0.29) is 12.7 Å². The number of methoxy groups -OCH3 is 1. The van der Waals surface area contributed by atoms with Crippen LogP contribution in [0.25, 0.3) is 0 Å². The fourth-order valence-corrected chi connectivity index (χ4v) is 3.11. The van der Waals surface area contributed by atoms with Crippen LogP contribution in [0.5, 0.6) is 0 Å². The predicted molar refractivity (Wildman–Crippen MR) is 79.4 cm³/mol. The Hall–Kier alpha value is -0.690. The molecule has 0 radical (unpaired) electrons. The van der Waals surface area contributed by atoms with Gasteiger partial charge in [-0.2, -0.15) is 0 Å². The van der Waals surface area contributed by atoms with Gasteiger partial charge in [0.05, 0.1) is 25.4 Å². The molecule has 0 spiro atoms. The molecule has 6 heteroatoms. The van der Waals surface area contributed by atoms with Gasteiger partial charge < -0.3 is 19.7 Å². The topological polar surface area (TPSA) is 79.2 Å². The van der Waals surface area contributed by atoms with Crippen molar-refractivity contribution in [2.24, 2.45) is 0 Å². The summed E-state index contributed by atoms with van der Waals surface area (Å²) in [5.41, 5.74) is -0.812. The summed E-state index contributed by atoms with van der Waals surface area (Å²) in [6.07, 6.45) is 2.20. The Bertz CT molecular complexity index is 325.